The van der Waals surface area contributed by atoms with Gasteiger partial charge in [0.1, 0.15) is 17.9 Å². The van der Waals surface area contributed by atoms with E-state index in [0.717, 1.165) is 0 Å². The number of hydrogen-bond acceptors (Lipinski definition) is 5. The Hall–Kier alpha value is -2.78. The van der Waals surface area contributed by atoms with Gasteiger partial charge < -0.3 is 14.8 Å². The van der Waals surface area contributed by atoms with E-state index in [1.54, 1.807) is 30.3 Å². The maximum Gasteiger partial charge on any atom is 0.253 e. The average molecular weight is 414 g/mol. The van der Waals surface area contributed by atoms with E-state index in [1.165, 1.54) is 13.3 Å². The molecule has 1 saturated carbocycles. The summed E-state index contributed by atoms with van der Waals surface area (Å²) in [7, 11) is 1.53. The topological polar surface area (TPSA) is 84.2 Å². The zero-order valence-electron chi connectivity index (χ0n) is 17.1. The number of ether oxygens (including phenoxy) is 2. The van der Waals surface area contributed by atoms with Crippen molar-refractivity contribution in [1.82, 2.24) is 10.3 Å². The van der Waals surface area contributed by atoms with E-state index in [4.69, 9.17) is 26.3 Å². The molecule has 152 valence electrons. The molecule has 0 aliphatic heterocycles. The van der Waals surface area contributed by atoms with Crippen LogP contribution in [0.25, 0.3) is 0 Å². The van der Waals surface area contributed by atoms with Crippen LogP contribution < -0.4 is 14.8 Å². The highest BCUT2D eigenvalue weighted by molar-refractivity contribution is 6.31. The molecule has 3 rings (SSSR count). The standard InChI is InChI=1S/C22H24ClN3O3/c1-21(2)19(26-18(27)14-7-9-17(28-5)25-12-14)22(3,4)20(21)29-15-8-6-13(11-24)16(23)10-15/h6-10,12,19-20H,1-5H3,(H,26,27)/t19-,20-. The number of carbonyl (C=O) groups excluding carboxylic acids is 1. The summed E-state index contributed by atoms with van der Waals surface area (Å²) in [5, 5.41) is 12.5. The Bertz CT molecular complexity index is 948. The van der Waals surface area contributed by atoms with E-state index in [-0.39, 0.29) is 28.9 Å². The van der Waals surface area contributed by atoms with E-state index in [0.29, 0.717) is 27.8 Å². The van der Waals surface area contributed by atoms with Gasteiger partial charge in [-0.1, -0.05) is 39.3 Å². The van der Waals surface area contributed by atoms with Gasteiger partial charge in [-0.15, -0.1) is 0 Å². The number of carbonyl (C=O) groups is 1. The van der Waals surface area contributed by atoms with Crippen LogP contribution in [0.15, 0.2) is 36.5 Å². The molecule has 0 spiro atoms. The third-order valence-electron chi connectivity index (χ3n) is 5.64. The number of nitrogens with zero attached hydrogens (tertiary/aromatic N) is 2. The summed E-state index contributed by atoms with van der Waals surface area (Å²) in [6.07, 6.45) is 1.35. The molecule has 0 radical (unpaired) electrons. The summed E-state index contributed by atoms with van der Waals surface area (Å²) in [5.41, 5.74) is 0.240. The van der Waals surface area contributed by atoms with Gasteiger partial charge in [-0.25, -0.2) is 4.98 Å². The number of pyridine rings is 1. The normalized spacial score (nSPS) is 21.4. The quantitative estimate of drug-likeness (QED) is 0.792. The Balaban J connectivity index is 1.74. The summed E-state index contributed by atoms with van der Waals surface area (Å²) in [6, 6.07) is 10.3. The minimum absolute atomic E-state index is 0.108. The Morgan fingerprint density at radius 3 is 2.41 bits per heavy atom. The maximum absolute atomic E-state index is 12.7. The van der Waals surface area contributed by atoms with Gasteiger partial charge in [0.05, 0.1) is 23.3 Å². The van der Waals surface area contributed by atoms with Crippen molar-refractivity contribution in [3.63, 3.8) is 0 Å². The van der Waals surface area contributed by atoms with Crippen molar-refractivity contribution in [2.24, 2.45) is 10.8 Å². The number of amides is 1. The van der Waals surface area contributed by atoms with Crippen LogP contribution in [0, 0.1) is 22.2 Å². The molecule has 1 aliphatic carbocycles. The highest BCUT2D eigenvalue weighted by Gasteiger charge is 2.64. The predicted octanol–water partition coefficient (Wildman–Crippen LogP) is 4.23. The first kappa shape index (κ1) is 20.9. The van der Waals surface area contributed by atoms with Crippen LogP contribution in [0.5, 0.6) is 11.6 Å². The van der Waals surface area contributed by atoms with E-state index >= 15 is 0 Å². The van der Waals surface area contributed by atoms with Gasteiger partial charge in [0.2, 0.25) is 5.88 Å². The number of halogens is 1. The van der Waals surface area contributed by atoms with Gasteiger partial charge >= 0.3 is 0 Å². The van der Waals surface area contributed by atoms with Gasteiger partial charge in [-0.2, -0.15) is 5.26 Å². The lowest BCUT2D eigenvalue weighted by Gasteiger charge is -2.63. The lowest BCUT2D eigenvalue weighted by molar-refractivity contribution is -0.164. The molecule has 1 heterocycles. The third kappa shape index (κ3) is 3.75. The fourth-order valence-electron chi connectivity index (χ4n) is 4.45. The predicted molar refractivity (Wildman–Crippen MR) is 110 cm³/mol. The van der Waals surface area contributed by atoms with Crippen LogP contribution in [0.4, 0.5) is 0 Å². The van der Waals surface area contributed by atoms with Crippen molar-refractivity contribution >= 4 is 17.5 Å². The first-order valence-electron chi connectivity index (χ1n) is 9.28. The lowest BCUT2D eigenvalue weighted by Crippen LogP contribution is -2.74. The minimum atomic E-state index is -0.320. The number of nitriles is 1. The minimum Gasteiger partial charge on any atom is -0.489 e. The molecule has 1 N–H and O–H groups in total. The molecule has 0 saturated heterocycles. The molecule has 6 nitrogen and oxygen atoms in total. The second-order valence-electron chi connectivity index (χ2n) is 8.39. The number of methoxy groups -OCH3 is 1. The molecule has 7 heteroatoms. The highest BCUT2D eigenvalue weighted by atomic mass is 35.5. The molecule has 1 fully saturated rings. The SMILES string of the molecule is COc1ccc(C(=O)N[C@H]2C(C)(C)[C@H](Oc3ccc(C#N)c(Cl)c3)C2(C)C)cn1. The molecule has 1 amide bonds. The zero-order valence-corrected chi connectivity index (χ0v) is 17.9. The molecule has 1 aliphatic rings. The Morgan fingerprint density at radius 2 is 1.90 bits per heavy atom. The average Bonchev–Trinajstić information content (AvgIpc) is 2.69. The molecule has 1 aromatic heterocycles. The van der Waals surface area contributed by atoms with Crippen LogP contribution in [-0.4, -0.2) is 30.1 Å². The maximum atomic E-state index is 12.7. The first-order chi connectivity index (χ1) is 13.6. The largest absolute Gasteiger partial charge is 0.489 e. The first-order valence-corrected chi connectivity index (χ1v) is 9.66. The van der Waals surface area contributed by atoms with Crippen LogP contribution in [0.2, 0.25) is 5.02 Å². The summed E-state index contributed by atoms with van der Waals surface area (Å²) >= 11 is 6.13. The number of hydrogen-bond donors (Lipinski definition) is 1. The molecule has 1 aromatic carbocycles. The zero-order chi connectivity index (χ0) is 21.4. The van der Waals surface area contributed by atoms with Crippen LogP contribution >= 0.6 is 11.6 Å². The van der Waals surface area contributed by atoms with Crippen molar-refractivity contribution < 1.29 is 14.3 Å². The number of benzene rings is 1. The third-order valence-corrected chi connectivity index (χ3v) is 5.95. The van der Waals surface area contributed by atoms with Crippen LogP contribution in [-0.2, 0) is 0 Å². The molecule has 0 atom stereocenters. The van der Waals surface area contributed by atoms with Gasteiger partial charge in [-0.05, 0) is 18.2 Å². The fraction of sp³-hybridized carbons (Fsp3) is 0.409. The van der Waals surface area contributed by atoms with Gasteiger partial charge in [0, 0.05) is 35.2 Å². The second-order valence-corrected chi connectivity index (χ2v) is 8.80. The van der Waals surface area contributed by atoms with Gasteiger partial charge in [0.25, 0.3) is 5.91 Å². The van der Waals surface area contributed by atoms with Crippen molar-refractivity contribution in [2.45, 2.75) is 39.8 Å². The monoisotopic (exact) mass is 413 g/mol. The molecular weight excluding hydrogens is 390 g/mol. The highest BCUT2D eigenvalue weighted by Crippen LogP contribution is 2.55. The van der Waals surface area contributed by atoms with Crippen molar-refractivity contribution in [2.75, 3.05) is 7.11 Å². The van der Waals surface area contributed by atoms with Crippen molar-refractivity contribution in [1.29, 1.82) is 5.26 Å². The van der Waals surface area contributed by atoms with E-state index in [2.05, 4.69) is 38.0 Å². The molecule has 29 heavy (non-hydrogen) atoms. The fourth-order valence-corrected chi connectivity index (χ4v) is 4.66. The summed E-state index contributed by atoms with van der Waals surface area (Å²) in [5.74, 6) is 0.871. The second kappa shape index (κ2) is 7.57. The Morgan fingerprint density at radius 1 is 1.21 bits per heavy atom. The van der Waals surface area contributed by atoms with Crippen LogP contribution in [0.3, 0.4) is 0 Å². The van der Waals surface area contributed by atoms with E-state index < -0.39 is 0 Å². The summed E-state index contributed by atoms with van der Waals surface area (Å²) < 4.78 is 11.3. The van der Waals surface area contributed by atoms with Gasteiger partial charge in [0.15, 0.2) is 0 Å². The smallest absolute Gasteiger partial charge is 0.253 e. The van der Waals surface area contributed by atoms with E-state index in [9.17, 15) is 4.79 Å². The van der Waals surface area contributed by atoms with Crippen LogP contribution in [0.1, 0.15) is 43.6 Å². The Kier molecular flexibility index (Phi) is 5.46. The number of rotatable bonds is 5. The summed E-state index contributed by atoms with van der Waals surface area (Å²) in [4.78, 5) is 16.8. The number of aromatic nitrogens is 1. The molecule has 2 aromatic rings. The van der Waals surface area contributed by atoms with Gasteiger partial charge in [-0.3, -0.25) is 4.79 Å². The number of nitrogens with one attached hydrogen (secondary N) is 1. The molecular formula is C22H24ClN3O3. The van der Waals surface area contributed by atoms with E-state index in [1.807, 2.05) is 6.07 Å². The molecule has 0 bridgehead atoms. The Labute approximate surface area is 175 Å². The summed E-state index contributed by atoms with van der Waals surface area (Å²) in [6.45, 7) is 8.24. The lowest BCUT2D eigenvalue weighted by atomic mass is 9.49. The van der Waals surface area contributed by atoms with Crippen molar-refractivity contribution in [3.8, 4) is 17.7 Å². The molecule has 0 unspecified atom stereocenters. The van der Waals surface area contributed by atoms with Crippen molar-refractivity contribution in [3.05, 3.63) is 52.7 Å².